The van der Waals surface area contributed by atoms with Crippen molar-refractivity contribution in [3.8, 4) is 0 Å². The number of carbonyl (C=O) groups is 1. The number of carbonyl (C=O) groups excluding carboxylic acids is 1. The van der Waals surface area contributed by atoms with Crippen molar-refractivity contribution in [1.82, 2.24) is 5.32 Å². The maximum Gasteiger partial charge on any atom is 0.227 e. The minimum Gasteiger partial charge on any atom is -0.370 e. The largest absolute Gasteiger partial charge is 0.370 e. The topological polar surface area (TPSA) is 70.7 Å². The number of anilines is 1. The minimum atomic E-state index is 0.209. The van der Waals surface area contributed by atoms with Crippen LogP contribution in [0.3, 0.4) is 0 Å². The summed E-state index contributed by atoms with van der Waals surface area (Å²) in [6.45, 7) is 1.36. The molecule has 1 saturated heterocycles. The normalized spacial score (nSPS) is 19.5. The van der Waals surface area contributed by atoms with E-state index in [-0.39, 0.29) is 5.91 Å². The van der Waals surface area contributed by atoms with E-state index in [1.807, 2.05) is 29.2 Å². The van der Waals surface area contributed by atoms with E-state index < -0.39 is 0 Å². The summed E-state index contributed by atoms with van der Waals surface area (Å²) >= 11 is 0. The van der Waals surface area contributed by atoms with Crippen molar-refractivity contribution in [2.45, 2.75) is 38.3 Å². The standard InChI is InChI=1S/C15H20N4O/c16-15(18-12-6-7-12)17-10-11-3-1-4-13(9-11)19-8-2-5-14(19)20/h1,3-4,9,12H,2,5-8,10H2,(H3,16,17,18). The van der Waals surface area contributed by atoms with Crippen LogP contribution in [0.4, 0.5) is 5.69 Å². The smallest absolute Gasteiger partial charge is 0.227 e. The number of hydrogen-bond donors (Lipinski definition) is 2. The van der Waals surface area contributed by atoms with E-state index in [2.05, 4.69) is 10.3 Å². The van der Waals surface area contributed by atoms with Gasteiger partial charge in [-0.3, -0.25) is 4.79 Å². The van der Waals surface area contributed by atoms with Crippen LogP contribution < -0.4 is 16.0 Å². The number of amides is 1. The van der Waals surface area contributed by atoms with Crippen LogP contribution in [0.25, 0.3) is 0 Å². The fourth-order valence-corrected chi connectivity index (χ4v) is 2.40. The van der Waals surface area contributed by atoms with Gasteiger partial charge in [0.25, 0.3) is 0 Å². The molecule has 1 heterocycles. The Morgan fingerprint density at radius 1 is 1.45 bits per heavy atom. The van der Waals surface area contributed by atoms with Gasteiger partial charge in [0.2, 0.25) is 5.91 Å². The summed E-state index contributed by atoms with van der Waals surface area (Å²) in [5.41, 5.74) is 7.86. The van der Waals surface area contributed by atoms with Crippen molar-refractivity contribution < 1.29 is 4.79 Å². The van der Waals surface area contributed by atoms with Gasteiger partial charge in [0.15, 0.2) is 5.96 Å². The van der Waals surface area contributed by atoms with Crippen LogP contribution in [-0.2, 0) is 11.3 Å². The molecule has 2 fully saturated rings. The van der Waals surface area contributed by atoms with Crippen molar-refractivity contribution in [3.05, 3.63) is 29.8 Å². The first-order valence-electron chi connectivity index (χ1n) is 7.18. The first kappa shape index (κ1) is 13.0. The third-order valence-corrected chi connectivity index (χ3v) is 3.66. The molecule has 106 valence electrons. The van der Waals surface area contributed by atoms with Crippen LogP contribution in [0.5, 0.6) is 0 Å². The van der Waals surface area contributed by atoms with E-state index in [1.165, 1.54) is 12.8 Å². The maximum absolute atomic E-state index is 11.7. The minimum absolute atomic E-state index is 0.209. The molecule has 2 aliphatic rings. The maximum atomic E-state index is 11.7. The highest BCUT2D eigenvalue weighted by atomic mass is 16.2. The molecule has 1 aromatic carbocycles. The van der Waals surface area contributed by atoms with Crippen molar-refractivity contribution in [3.63, 3.8) is 0 Å². The van der Waals surface area contributed by atoms with Gasteiger partial charge < -0.3 is 16.0 Å². The van der Waals surface area contributed by atoms with Gasteiger partial charge in [0.05, 0.1) is 6.54 Å². The van der Waals surface area contributed by atoms with Crippen molar-refractivity contribution >= 4 is 17.6 Å². The molecule has 1 aromatic rings. The Balaban J connectivity index is 1.66. The Morgan fingerprint density at radius 2 is 2.30 bits per heavy atom. The number of nitrogens with zero attached hydrogens (tertiary/aromatic N) is 2. The second-order valence-corrected chi connectivity index (χ2v) is 5.44. The number of rotatable bonds is 4. The highest BCUT2D eigenvalue weighted by Crippen LogP contribution is 2.22. The van der Waals surface area contributed by atoms with Crippen LogP contribution in [0, 0.1) is 0 Å². The second-order valence-electron chi connectivity index (χ2n) is 5.44. The summed E-state index contributed by atoms with van der Waals surface area (Å²) in [5, 5.41) is 3.16. The van der Waals surface area contributed by atoms with Gasteiger partial charge in [0, 0.05) is 24.7 Å². The Labute approximate surface area is 118 Å². The van der Waals surface area contributed by atoms with Gasteiger partial charge in [-0.1, -0.05) is 12.1 Å². The first-order valence-corrected chi connectivity index (χ1v) is 7.18. The Bertz CT molecular complexity index is 536. The van der Waals surface area contributed by atoms with E-state index in [0.29, 0.717) is 25.0 Å². The van der Waals surface area contributed by atoms with Crippen LogP contribution in [0.1, 0.15) is 31.2 Å². The lowest BCUT2D eigenvalue weighted by molar-refractivity contribution is -0.117. The SMILES string of the molecule is NC(=NCc1cccc(N2CCCC2=O)c1)NC1CC1. The molecule has 20 heavy (non-hydrogen) atoms. The van der Waals surface area contributed by atoms with Gasteiger partial charge in [-0.05, 0) is 37.0 Å². The number of aliphatic imine (C=N–C) groups is 1. The molecule has 1 aliphatic carbocycles. The summed E-state index contributed by atoms with van der Waals surface area (Å²) < 4.78 is 0. The van der Waals surface area contributed by atoms with Crippen molar-refractivity contribution in [2.75, 3.05) is 11.4 Å². The van der Waals surface area contributed by atoms with Gasteiger partial charge in [0.1, 0.15) is 0 Å². The number of guanidine groups is 1. The zero-order chi connectivity index (χ0) is 13.9. The van der Waals surface area contributed by atoms with E-state index in [0.717, 1.165) is 24.2 Å². The molecule has 0 unspecified atom stereocenters. The molecule has 0 spiro atoms. The van der Waals surface area contributed by atoms with Gasteiger partial charge >= 0.3 is 0 Å². The molecule has 1 aliphatic heterocycles. The molecule has 1 amide bonds. The highest BCUT2D eigenvalue weighted by molar-refractivity contribution is 5.95. The highest BCUT2D eigenvalue weighted by Gasteiger charge is 2.22. The van der Waals surface area contributed by atoms with Crippen LogP contribution >= 0.6 is 0 Å². The number of hydrogen-bond acceptors (Lipinski definition) is 2. The van der Waals surface area contributed by atoms with Gasteiger partial charge in [-0.2, -0.15) is 0 Å². The first-order chi connectivity index (χ1) is 9.72. The second kappa shape index (κ2) is 5.53. The molecule has 0 radical (unpaired) electrons. The van der Waals surface area contributed by atoms with Crippen LogP contribution in [0.2, 0.25) is 0 Å². The average molecular weight is 272 g/mol. The van der Waals surface area contributed by atoms with Gasteiger partial charge in [-0.15, -0.1) is 0 Å². The van der Waals surface area contributed by atoms with Crippen LogP contribution in [-0.4, -0.2) is 24.5 Å². The number of nitrogens with two attached hydrogens (primary N) is 1. The fourth-order valence-electron chi connectivity index (χ4n) is 2.40. The van der Waals surface area contributed by atoms with Crippen molar-refractivity contribution in [2.24, 2.45) is 10.7 Å². The zero-order valence-electron chi connectivity index (χ0n) is 11.5. The lowest BCUT2D eigenvalue weighted by Gasteiger charge is -2.16. The van der Waals surface area contributed by atoms with Crippen LogP contribution in [0.15, 0.2) is 29.3 Å². The summed E-state index contributed by atoms with van der Waals surface area (Å²) in [5.74, 6) is 0.718. The van der Waals surface area contributed by atoms with E-state index >= 15 is 0 Å². The molecule has 0 aromatic heterocycles. The predicted molar refractivity (Wildman–Crippen MR) is 79.5 cm³/mol. The quantitative estimate of drug-likeness (QED) is 0.642. The lowest BCUT2D eigenvalue weighted by atomic mass is 10.2. The molecule has 5 nitrogen and oxygen atoms in total. The summed E-state index contributed by atoms with van der Waals surface area (Å²) in [4.78, 5) is 17.9. The summed E-state index contributed by atoms with van der Waals surface area (Å²) in [6, 6.07) is 8.50. The summed E-state index contributed by atoms with van der Waals surface area (Å²) in [7, 11) is 0. The molecule has 3 rings (SSSR count). The van der Waals surface area contributed by atoms with E-state index in [4.69, 9.17) is 5.73 Å². The molecular formula is C15H20N4O. The Morgan fingerprint density at radius 3 is 3.00 bits per heavy atom. The summed E-state index contributed by atoms with van der Waals surface area (Å²) in [6.07, 6.45) is 3.96. The average Bonchev–Trinajstić information content (AvgIpc) is 3.15. The molecule has 5 heteroatoms. The predicted octanol–water partition coefficient (Wildman–Crippen LogP) is 1.38. The fraction of sp³-hybridized carbons (Fsp3) is 0.467. The number of nitrogens with one attached hydrogen (secondary N) is 1. The molecular weight excluding hydrogens is 252 g/mol. The third-order valence-electron chi connectivity index (χ3n) is 3.66. The van der Waals surface area contributed by atoms with E-state index in [1.54, 1.807) is 0 Å². The zero-order valence-corrected chi connectivity index (χ0v) is 11.5. The number of benzene rings is 1. The Kier molecular flexibility index (Phi) is 3.58. The molecule has 3 N–H and O–H groups in total. The third kappa shape index (κ3) is 3.10. The lowest BCUT2D eigenvalue weighted by Crippen LogP contribution is -2.33. The molecule has 1 saturated carbocycles. The monoisotopic (exact) mass is 272 g/mol. The van der Waals surface area contributed by atoms with E-state index in [9.17, 15) is 4.79 Å². The molecule has 0 bridgehead atoms. The Hall–Kier alpha value is -2.04. The molecule has 0 atom stereocenters. The van der Waals surface area contributed by atoms with Gasteiger partial charge in [-0.25, -0.2) is 4.99 Å². The van der Waals surface area contributed by atoms with Crippen molar-refractivity contribution in [1.29, 1.82) is 0 Å².